The summed E-state index contributed by atoms with van der Waals surface area (Å²) in [4.78, 5) is 11.0. The Balaban J connectivity index is 2.56. The van der Waals surface area contributed by atoms with Crippen LogP contribution in [0.5, 0.6) is 0 Å². The maximum Gasteiger partial charge on any atom is 0.307 e. The van der Waals surface area contributed by atoms with Gasteiger partial charge in [0.1, 0.15) is 0 Å². The first kappa shape index (κ1) is 19.9. The molecule has 22 heavy (non-hydrogen) atoms. The summed E-state index contributed by atoms with van der Waals surface area (Å²) in [7, 11) is 0. The Labute approximate surface area is 150 Å². The van der Waals surface area contributed by atoms with Crippen LogP contribution < -0.4 is 5.73 Å². The zero-order valence-electron chi connectivity index (χ0n) is 12.2. The van der Waals surface area contributed by atoms with Crippen LogP contribution in [0.15, 0.2) is 6.07 Å². The second-order valence-corrected chi connectivity index (χ2v) is 7.00. The van der Waals surface area contributed by atoms with E-state index in [1.807, 2.05) is 6.92 Å². The summed E-state index contributed by atoms with van der Waals surface area (Å²) >= 11 is 24.1. The largest absolute Gasteiger partial charge is 0.481 e. The third-order valence-electron chi connectivity index (χ3n) is 3.64. The molecule has 0 aliphatic heterocycles. The molecule has 124 valence electrons. The molecule has 0 amide bonds. The van der Waals surface area contributed by atoms with E-state index in [4.69, 9.17) is 57.2 Å². The van der Waals surface area contributed by atoms with Crippen LogP contribution in [0.3, 0.4) is 0 Å². The monoisotopic (exact) mass is 385 g/mol. The van der Waals surface area contributed by atoms with Crippen LogP contribution in [-0.2, 0) is 11.2 Å². The number of carboxylic acids is 1. The minimum Gasteiger partial charge on any atom is -0.481 e. The fourth-order valence-corrected chi connectivity index (χ4v) is 3.28. The summed E-state index contributed by atoms with van der Waals surface area (Å²) in [5.41, 5.74) is 6.32. The number of hydrogen-bond acceptors (Lipinski definition) is 2. The fraction of sp³-hybridized carbons (Fsp3) is 0.533. The molecule has 2 atom stereocenters. The summed E-state index contributed by atoms with van der Waals surface area (Å²) in [5, 5.41) is 10.4. The van der Waals surface area contributed by atoms with Crippen molar-refractivity contribution >= 4 is 52.4 Å². The van der Waals surface area contributed by atoms with Gasteiger partial charge in [-0.2, -0.15) is 0 Å². The number of benzene rings is 1. The second kappa shape index (κ2) is 9.19. The van der Waals surface area contributed by atoms with Crippen molar-refractivity contribution in [3.8, 4) is 0 Å². The quantitative estimate of drug-likeness (QED) is 0.470. The van der Waals surface area contributed by atoms with Gasteiger partial charge in [-0.25, -0.2) is 0 Å². The lowest BCUT2D eigenvalue weighted by Crippen LogP contribution is -2.25. The Hall–Kier alpha value is -0.190. The van der Waals surface area contributed by atoms with E-state index >= 15 is 0 Å². The van der Waals surface area contributed by atoms with E-state index < -0.39 is 11.9 Å². The predicted molar refractivity (Wildman–Crippen MR) is 93.4 cm³/mol. The Kier molecular flexibility index (Phi) is 8.29. The average molecular weight is 387 g/mol. The van der Waals surface area contributed by atoms with E-state index in [1.165, 1.54) is 0 Å². The van der Waals surface area contributed by atoms with Gasteiger partial charge < -0.3 is 10.8 Å². The molecule has 0 spiro atoms. The molecular weight excluding hydrogens is 368 g/mol. The van der Waals surface area contributed by atoms with Crippen LogP contribution in [-0.4, -0.2) is 17.6 Å². The maximum atomic E-state index is 11.0. The third kappa shape index (κ3) is 5.47. The highest BCUT2D eigenvalue weighted by atomic mass is 35.5. The predicted octanol–water partition coefficient (Wildman–Crippen LogP) is 5.31. The van der Waals surface area contributed by atoms with E-state index in [0.29, 0.717) is 22.9 Å². The molecule has 0 aliphatic rings. The summed E-state index contributed by atoms with van der Waals surface area (Å²) < 4.78 is 0. The van der Waals surface area contributed by atoms with Gasteiger partial charge in [-0.3, -0.25) is 4.79 Å². The van der Waals surface area contributed by atoms with E-state index in [1.54, 1.807) is 6.07 Å². The molecular formula is C15H19Cl4NO2. The van der Waals surface area contributed by atoms with Crippen LogP contribution in [0.2, 0.25) is 20.1 Å². The number of rotatable bonds is 8. The molecule has 1 rings (SSSR count). The zero-order valence-corrected chi connectivity index (χ0v) is 15.2. The van der Waals surface area contributed by atoms with Gasteiger partial charge in [0.25, 0.3) is 0 Å². The number of aliphatic carboxylic acids is 1. The lowest BCUT2D eigenvalue weighted by Gasteiger charge is -2.16. The SMILES string of the molecule is CC(CCCc1cc(Cl)c(Cl)c(Cl)c1Cl)CC(CN)C(=O)O. The van der Waals surface area contributed by atoms with Crippen molar-refractivity contribution in [2.45, 2.75) is 32.6 Å². The zero-order chi connectivity index (χ0) is 16.9. The highest BCUT2D eigenvalue weighted by Crippen LogP contribution is 2.38. The van der Waals surface area contributed by atoms with Crippen molar-refractivity contribution in [1.82, 2.24) is 0 Å². The van der Waals surface area contributed by atoms with E-state index in [9.17, 15) is 4.79 Å². The molecule has 1 aromatic carbocycles. The summed E-state index contributed by atoms with van der Waals surface area (Å²) in [5.74, 6) is -1.06. The number of aryl methyl sites for hydroxylation is 1. The van der Waals surface area contributed by atoms with Gasteiger partial charge in [0.15, 0.2) is 0 Å². The molecule has 0 saturated carbocycles. The smallest absolute Gasteiger partial charge is 0.307 e. The van der Waals surface area contributed by atoms with Crippen molar-refractivity contribution in [2.75, 3.05) is 6.54 Å². The molecule has 3 N–H and O–H groups in total. The van der Waals surface area contributed by atoms with Gasteiger partial charge in [0, 0.05) is 6.54 Å². The molecule has 0 radical (unpaired) electrons. The van der Waals surface area contributed by atoms with Crippen LogP contribution >= 0.6 is 46.4 Å². The fourth-order valence-electron chi connectivity index (χ4n) is 2.35. The summed E-state index contributed by atoms with van der Waals surface area (Å²) in [6, 6.07) is 1.72. The Morgan fingerprint density at radius 3 is 2.41 bits per heavy atom. The number of halogens is 4. The highest BCUT2D eigenvalue weighted by Gasteiger charge is 2.19. The van der Waals surface area contributed by atoms with Crippen LogP contribution in [0.25, 0.3) is 0 Å². The molecule has 1 aromatic rings. The van der Waals surface area contributed by atoms with Crippen molar-refractivity contribution in [2.24, 2.45) is 17.6 Å². The van der Waals surface area contributed by atoms with Crippen molar-refractivity contribution < 1.29 is 9.90 Å². The van der Waals surface area contributed by atoms with Gasteiger partial charge in [0.2, 0.25) is 0 Å². The molecule has 0 fully saturated rings. The molecule has 0 aromatic heterocycles. The summed E-state index contributed by atoms with van der Waals surface area (Å²) in [6.45, 7) is 2.18. The van der Waals surface area contributed by atoms with Crippen molar-refractivity contribution in [3.05, 3.63) is 31.7 Å². The molecule has 2 unspecified atom stereocenters. The van der Waals surface area contributed by atoms with Gasteiger partial charge in [0.05, 0.1) is 26.0 Å². The number of carboxylic acid groups (broad SMARTS) is 1. The first-order valence-electron chi connectivity index (χ1n) is 7.02. The summed E-state index contributed by atoms with van der Waals surface area (Å²) in [6.07, 6.45) is 3.01. The molecule has 3 nitrogen and oxygen atoms in total. The third-order valence-corrected chi connectivity index (χ3v) is 5.43. The van der Waals surface area contributed by atoms with Crippen molar-refractivity contribution in [3.63, 3.8) is 0 Å². The average Bonchev–Trinajstić information content (AvgIpc) is 2.47. The van der Waals surface area contributed by atoms with E-state index in [-0.39, 0.29) is 22.5 Å². The molecule has 0 aliphatic carbocycles. The number of carbonyl (C=O) groups is 1. The maximum absolute atomic E-state index is 11.0. The minimum atomic E-state index is -0.839. The topological polar surface area (TPSA) is 63.3 Å². The van der Waals surface area contributed by atoms with Gasteiger partial charge in [-0.15, -0.1) is 0 Å². The molecule has 0 bridgehead atoms. The molecule has 7 heteroatoms. The highest BCUT2D eigenvalue weighted by molar-refractivity contribution is 6.51. The van der Waals surface area contributed by atoms with Gasteiger partial charge in [-0.1, -0.05) is 59.7 Å². The van der Waals surface area contributed by atoms with E-state index in [0.717, 1.165) is 18.4 Å². The Morgan fingerprint density at radius 1 is 1.23 bits per heavy atom. The lowest BCUT2D eigenvalue weighted by molar-refractivity contribution is -0.141. The first-order chi connectivity index (χ1) is 10.3. The normalized spacial score (nSPS) is 13.9. The first-order valence-corrected chi connectivity index (χ1v) is 8.53. The minimum absolute atomic E-state index is 0.161. The lowest BCUT2D eigenvalue weighted by atomic mass is 9.91. The number of hydrogen-bond donors (Lipinski definition) is 2. The number of nitrogens with two attached hydrogens (primary N) is 1. The van der Waals surface area contributed by atoms with Crippen molar-refractivity contribution in [1.29, 1.82) is 0 Å². The van der Waals surface area contributed by atoms with Gasteiger partial charge >= 0.3 is 5.97 Å². The molecule has 0 heterocycles. The van der Waals surface area contributed by atoms with Crippen LogP contribution in [0.4, 0.5) is 0 Å². The van der Waals surface area contributed by atoms with E-state index in [2.05, 4.69) is 0 Å². The van der Waals surface area contributed by atoms with Gasteiger partial charge in [-0.05, 0) is 36.8 Å². The Morgan fingerprint density at radius 2 is 1.86 bits per heavy atom. The Bertz CT molecular complexity index is 537. The second-order valence-electron chi connectivity index (χ2n) is 5.46. The van der Waals surface area contributed by atoms with Crippen LogP contribution in [0.1, 0.15) is 31.7 Å². The molecule has 0 saturated heterocycles. The standard InChI is InChI=1S/C15H19Cl4NO2/c1-8(5-10(7-20)15(21)22)3-2-4-9-6-11(16)13(18)14(19)12(9)17/h6,8,10H,2-5,7,20H2,1H3,(H,21,22). The van der Waals surface area contributed by atoms with Crippen LogP contribution in [0, 0.1) is 11.8 Å².